The number of hydrogen-bond acceptors (Lipinski definition) is 10. The van der Waals surface area contributed by atoms with Crippen molar-refractivity contribution in [3.05, 3.63) is 24.3 Å². The Bertz CT molecular complexity index is 1160. The van der Waals surface area contributed by atoms with Crippen LogP contribution < -0.4 is 21.1 Å². The number of aromatic amines is 1. The lowest BCUT2D eigenvalue weighted by atomic mass is 10.1. The molecule has 0 bridgehead atoms. The van der Waals surface area contributed by atoms with E-state index in [1.54, 1.807) is 18.5 Å². The Kier molecular flexibility index (Phi) is 5.99. The molecular formula is C21H27N9O3. The van der Waals surface area contributed by atoms with Crippen molar-refractivity contribution >= 4 is 17.9 Å². The number of rotatable bonds is 8. The van der Waals surface area contributed by atoms with E-state index in [0.717, 1.165) is 18.7 Å². The van der Waals surface area contributed by atoms with Gasteiger partial charge in [0.2, 0.25) is 5.95 Å². The van der Waals surface area contributed by atoms with Gasteiger partial charge in [-0.15, -0.1) is 0 Å². The van der Waals surface area contributed by atoms with Crippen LogP contribution >= 0.6 is 0 Å². The zero-order valence-corrected chi connectivity index (χ0v) is 19.0. The van der Waals surface area contributed by atoms with Gasteiger partial charge in [-0.3, -0.25) is 0 Å². The number of nitrogens with zero attached hydrogens (tertiary/aromatic N) is 5. The number of alkyl carbamates (subject to hydrolysis) is 1. The van der Waals surface area contributed by atoms with E-state index in [9.17, 15) is 4.79 Å². The molecule has 0 aromatic carbocycles. The van der Waals surface area contributed by atoms with E-state index in [4.69, 9.17) is 15.5 Å². The van der Waals surface area contributed by atoms with E-state index in [2.05, 4.69) is 47.2 Å². The first-order valence-corrected chi connectivity index (χ1v) is 10.5. The van der Waals surface area contributed by atoms with Crippen molar-refractivity contribution in [3.8, 4) is 28.7 Å². The van der Waals surface area contributed by atoms with Crippen molar-refractivity contribution < 1.29 is 14.3 Å². The summed E-state index contributed by atoms with van der Waals surface area (Å²) in [7, 11) is 2.81. The van der Waals surface area contributed by atoms with Gasteiger partial charge in [-0.1, -0.05) is 6.92 Å². The molecule has 4 rings (SSSR count). The van der Waals surface area contributed by atoms with Crippen LogP contribution in [0.15, 0.2) is 18.5 Å². The van der Waals surface area contributed by atoms with Gasteiger partial charge < -0.3 is 30.8 Å². The molecule has 12 heteroatoms. The summed E-state index contributed by atoms with van der Waals surface area (Å²) in [4.78, 5) is 37.2. The van der Waals surface area contributed by atoms with E-state index in [1.807, 2.05) is 6.92 Å². The number of nitrogens with two attached hydrogens (primary N) is 1. The van der Waals surface area contributed by atoms with Crippen molar-refractivity contribution in [2.75, 3.05) is 31.8 Å². The normalized spacial score (nSPS) is 14.9. The van der Waals surface area contributed by atoms with Crippen LogP contribution in [0.3, 0.4) is 0 Å². The molecule has 0 unspecified atom stereocenters. The second kappa shape index (κ2) is 8.88. The van der Waals surface area contributed by atoms with E-state index >= 15 is 0 Å². The predicted molar refractivity (Wildman–Crippen MR) is 122 cm³/mol. The molecule has 5 N–H and O–H groups in total. The van der Waals surface area contributed by atoms with Crippen molar-refractivity contribution in [1.82, 2.24) is 35.2 Å². The highest BCUT2D eigenvalue weighted by Gasteiger charge is 2.42. The highest BCUT2D eigenvalue weighted by Crippen LogP contribution is 2.47. The SMILES string of the molecule is COC(=O)N[C@@H](C)CNc1nccc(-c2[nH]c(C3(C)CC3)nc2-c2cnc(N)c(OC)n2)n1. The minimum atomic E-state index is -0.498. The third-order valence-corrected chi connectivity index (χ3v) is 5.51. The van der Waals surface area contributed by atoms with E-state index in [-0.39, 0.29) is 23.2 Å². The summed E-state index contributed by atoms with van der Waals surface area (Å²) in [5.41, 5.74) is 8.30. The zero-order chi connectivity index (χ0) is 23.6. The lowest BCUT2D eigenvalue weighted by Gasteiger charge is -2.14. The molecule has 1 aliphatic rings. The van der Waals surface area contributed by atoms with Crippen LogP contribution in [-0.4, -0.2) is 62.8 Å². The molecule has 1 amide bonds. The van der Waals surface area contributed by atoms with Crippen LogP contribution in [-0.2, 0) is 10.2 Å². The summed E-state index contributed by atoms with van der Waals surface area (Å²) in [6.07, 6.45) is 4.83. The lowest BCUT2D eigenvalue weighted by Crippen LogP contribution is -2.37. The molecule has 174 valence electrons. The first kappa shape index (κ1) is 22.2. The number of ether oxygens (including phenoxy) is 2. The fourth-order valence-corrected chi connectivity index (χ4v) is 3.24. The van der Waals surface area contributed by atoms with E-state index in [1.165, 1.54) is 14.2 Å². The molecule has 3 aromatic heterocycles. The summed E-state index contributed by atoms with van der Waals surface area (Å²) in [5.74, 6) is 1.72. The molecule has 0 radical (unpaired) electrons. The molecule has 0 spiro atoms. The number of carbonyl (C=O) groups is 1. The van der Waals surface area contributed by atoms with Crippen LogP contribution in [0.5, 0.6) is 5.88 Å². The van der Waals surface area contributed by atoms with Crippen molar-refractivity contribution in [3.63, 3.8) is 0 Å². The summed E-state index contributed by atoms with van der Waals surface area (Å²) in [5, 5.41) is 5.81. The summed E-state index contributed by atoms with van der Waals surface area (Å²) >= 11 is 0. The molecular weight excluding hydrogens is 426 g/mol. The Morgan fingerprint density at radius 3 is 2.73 bits per heavy atom. The highest BCUT2D eigenvalue weighted by atomic mass is 16.5. The van der Waals surface area contributed by atoms with Gasteiger partial charge in [0.25, 0.3) is 5.88 Å². The topological polar surface area (TPSA) is 166 Å². The van der Waals surface area contributed by atoms with Crippen LogP contribution in [0, 0.1) is 0 Å². The number of imidazole rings is 1. The van der Waals surface area contributed by atoms with Crippen molar-refractivity contribution in [2.45, 2.75) is 38.1 Å². The summed E-state index contributed by atoms with van der Waals surface area (Å²) < 4.78 is 9.85. The molecule has 1 atom stereocenters. The number of hydrogen-bond donors (Lipinski definition) is 4. The number of nitrogen functional groups attached to an aromatic ring is 1. The fraction of sp³-hybridized carbons (Fsp3) is 0.429. The Morgan fingerprint density at radius 1 is 1.24 bits per heavy atom. The molecule has 0 aliphatic heterocycles. The number of methoxy groups -OCH3 is 2. The van der Waals surface area contributed by atoms with Gasteiger partial charge in [0.15, 0.2) is 5.82 Å². The van der Waals surface area contributed by atoms with Gasteiger partial charge in [0.1, 0.15) is 17.2 Å². The van der Waals surface area contributed by atoms with Gasteiger partial charge in [-0.05, 0) is 25.8 Å². The van der Waals surface area contributed by atoms with Crippen LogP contribution in [0.2, 0.25) is 0 Å². The number of amides is 1. The molecule has 1 aliphatic carbocycles. The second-order valence-electron chi connectivity index (χ2n) is 8.20. The Hall–Kier alpha value is -3.96. The molecule has 1 fully saturated rings. The van der Waals surface area contributed by atoms with Crippen molar-refractivity contribution in [2.24, 2.45) is 0 Å². The number of carbonyl (C=O) groups excluding carboxylic acids is 1. The minimum absolute atomic E-state index is 0.00141. The molecule has 33 heavy (non-hydrogen) atoms. The van der Waals surface area contributed by atoms with Gasteiger partial charge in [-0.25, -0.2) is 29.7 Å². The maximum absolute atomic E-state index is 11.4. The number of aromatic nitrogens is 6. The maximum Gasteiger partial charge on any atom is 0.407 e. The van der Waals surface area contributed by atoms with E-state index < -0.39 is 6.09 Å². The summed E-state index contributed by atoms with van der Waals surface area (Å²) in [6, 6.07) is 1.60. The average Bonchev–Trinajstić information content (AvgIpc) is 3.40. The summed E-state index contributed by atoms with van der Waals surface area (Å²) in [6.45, 7) is 4.42. The Balaban J connectivity index is 1.65. The largest absolute Gasteiger partial charge is 0.478 e. The molecule has 12 nitrogen and oxygen atoms in total. The van der Waals surface area contributed by atoms with Gasteiger partial charge in [-0.2, -0.15) is 0 Å². The quantitative estimate of drug-likeness (QED) is 0.397. The minimum Gasteiger partial charge on any atom is -0.478 e. The Morgan fingerprint density at radius 2 is 2.03 bits per heavy atom. The number of nitrogens with one attached hydrogen (secondary N) is 3. The first-order valence-electron chi connectivity index (χ1n) is 10.5. The monoisotopic (exact) mass is 453 g/mol. The van der Waals surface area contributed by atoms with Crippen LogP contribution in [0.1, 0.15) is 32.5 Å². The zero-order valence-electron chi connectivity index (χ0n) is 19.0. The lowest BCUT2D eigenvalue weighted by molar-refractivity contribution is 0.168. The van der Waals surface area contributed by atoms with Gasteiger partial charge >= 0.3 is 6.09 Å². The first-order chi connectivity index (χ1) is 15.8. The third kappa shape index (κ3) is 4.78. The third-order valence-electron chi connectivity index (χ3n) is 5.51. The number of H-pyrrole nitrogens is 1. The van der Waals surface area contributed by atoms with Crippen molar-refractivity contribution in [1.29, 1.82) is 0 Å². The second-order valence-corrected chi connectivity index (χ2v) is 8.20. The predicted octanol–water partition coefficient (Wildman–Crippen LogP) is 2.12. The van der Waals surface area contributed by atoms with E-state index in [0.29, 0.717) is 35.3 Å². The smallest absolute Gasteiger partial charge is 0.407 e. The number of anilines is 2. The molecule has 3 heterocycles. The molecule has 3 aromatic rings. The van der Waals surface area contributed by atoms with Crippen LogP contribution in [0.4, 0.5) is 16.6 Å². The highest BCUT2D eigenvalue weighted by molar-refractivity contribution is 5.75. The van der Waals surface area contributed by atoms with Gasteiger partial charge in [0.05, 0.1) is 31.8 Å². The average molecular weight is 454 g/mol. The molecule has 1 saturated carbocycles. The standard InChI is InChI=1S/C21H27N9O3/c1-11(26-20(31)33-4)9-25-19-23-8-5-12(28-19)14-15(30-18(29-14)21(2)6-7-21)13-10-24-16(22)17(27-13)32-3/h5,8,10-11H,6-7,9H2,1-4H3,(H2,22,24)(H,26,31)(H,29,30)(H,23,25,28)/t11-/m0/s1. The Labute approximate surface area is 190 Å². The van der Waals surface area contributed by atoms with Crippen LogP contribution in [0.25, 0.3) is 22.8 Å². The molecule has 0 saturated heterocycles. The fourth-order valence-electron chi connectivity index (χ4n) is 3.24. The maximum atomic E-state index is 11.4. The van der Waals surface area contributed by atoms with Gasteiger partial charge in [0, 0.05) is 24.2 Å².